The fraction of sp³-hybridized carbons (Fsp3) is 0.0526. The van der Waals surface area contributed by atoms with Gasteiger partial charge in [0.1, 0.15) is 0 Å². The van der Waals surface area contributed by atoms with Crippen molar-refractivity contribution < 1.29 is 8.42 Å². The van der Waals surface area contributed by atoms with Crippen LogP contribution < -0.4 is 10.0 Å². The Morgan fingerprint density at radius 2 is 1.82 bits per heavy atom. The summed E-state index contributed by atoms with van der Waals surface area (Å²) in [5, 5.41) is 3.89. The Kier molecular flexibility index (Phi) is 4.66. The van der Waals surface area contributed by atoms with Crippen molar-refractivity contribution in [2.45, 2.75) is 0 Å². The summed E-state index contributed by atoms with van der Waals surface area (Å²) in [5.41, 5.74) is 3.62. The molecule has 0 bridgehead atoms. The van der Waals surface area contributed by atoms with Crippen molar-refractivity contribution in [3.63, 3.8) is 0 Å². The second-order valence-electron chi connectivity index (χ2n) is 6.20. The number of fused-ring (bicyclic) bond motifs is 1. The number of sulfonamides is 1. The van der Waals surface area contributed by atoms with Gasteiger partial charge in [0.25, 0.3) is 0 Å². The number of halogens is 1. The van der Waals surface area contributed by atoms with E-state index >= 15 is 0 Å². The molecule has 9 heteroatoms. The maximum atomic E-state index is 11.5. The molecule has 0 spiro atoms. The van der Waals surface area contributed by atoms with Crippen LogP contribution in [-0.2, 0) is 10.0 Å². The van der Waals surface area contributed by atoms with Crippen molar-refractivity contribution >= 4 is 44.5 Å². The summed E-state index contributed by atoms with van der Waals surface area (Å²) in [6.07, 6.45) is 6.33. The highest BCUT2D eigenvalue weighted by atomic mass is 35.5. The van der Waals surface area contributed by atoms with E-state index in [9.17, 15) is 8.42 Å². The first-order valence-electron chi connectivity index (χ1n) is 8.32. The van der Waals surface area contributed by atoms with Crippen LogP contribution in [0.1, 0.15) is 0 Å². The normalized spacial score (nSPS) is 11.5. The number of aromatic nitrogens is 3. The Hall–Kier alpha value is -3.10. The molecule has 2 N–H and O–H groups in total. The Balaban J connectivity index is 1.72. The molecule has 7 nitrogen and oxygen atoms in total. The van der Waals surface area contributed by atoms with Crippen molar-refractivity contribution in [3.05, 3.63) is 72.1 Å². The molecule has 4 rings (SSSR count). The third kappa shape index (κ3) is 3.92. The van der Waals surface area contributed by atoms with Gasteiger partial charge in [-0.15, -0.1) is 0 Å². The van der Waals surface area contributed by atoms with Crippen LogP contribution in [0.3, 0.4) is 0 Å². The minimum Gasteiger partial charge on any atom is -0.337 e. The summed E-state index contributed by atoms with van der Waals surface area (Å²) in [6, 6.07) is 14.4. The molecule has 0 saturated carbocycles. The molecule has 2 aromatic heterocycles. The number of imidazole rings is 1. The number of hydrogen-bond donors (Lipinski definition) is 2. The van der Waals surface area contributed by atoms with Gasteiger partial charge in [-0.2, -0.15) is 0 Å². The van der Waals surface area contributed by atoms with E-state index in [4.69, 9.17) is 11.6 Å². The van der Waals surface area contributed by atoms with Gasteiger partial charge in [-0.05, 0) is 36.4 Å². The summed E-state index contributed by atoms with van der Waals surface area (Å²) in [7, 11) is -3.35. The first kappa shape index (κ1) is 18.3. The summed E-state index contributed by atoms with van der Waals surface area (Å²) in [6.45, 7) is 0. The smallest absolute Gasteiger partial charge is 0.229 e. The second kappa shape index (κ2) is 7.14. The van der Waals surface area contributed by atoms with Crippen LogP contribution in [0, 0.1) is 0 Å². The van der Waals surface area contributed by atoms with Crippen LogP contribution in [0.15, 0.2) is 67.1 Å². The number of hydrogen-bond acceptors (Lipinski definition) is 5. The highest BCUT2D eigenvalue weighted by molar-refractivity contribution is 7.92. The van der Waals surface area contributed by atoms with Gasteiger partial charge in [-0.3, -0.25) is 9.12 Å². The van der Waals surface area contributed by atoms with Gasteiger partial charge in [0, 0.05) is 34.4 Å². The maximum absolute atomic E-state index is 11.5. The minimum absolute atomic E-state index is 0.489. The van der Waals surface area contributed by atoms with Crippen molar-refractivity contribution in [1.29, 1.82) is 0 Å². The molecule has 0 unspecified atom stereocenters. The lowest BCUT2D eigenvalue weighted by atomic mass is 10.1. The van der Waals surface area contributed by atoms with Gasteiger partial charge in [0.05, 0.1) is 18.1 Å². The molecule has 28 heavy (non-hydrogen) atoms. The zero-order valence-corrected chi connectivity index (χ0v) is 16.4. The number of benzene rings is 2. The van der Waals surface area contributed by atoms with Gasteiger partial charge in [-0.1, -0.05) is 23.7 Å². The quantitative estimate of drug-likeness (QED) is 0.512. The monoisotopic (exact) mass is 413 g/mol. The molecular formula is C19H16ClN5O2S. The molecule has 0 fully saturated rings. The second-order valence-corrected chi connectivity index (χ2v) is 8.38. The van der Waals surface area contributed by atoms with Crippen molar-refractivity contribution in [2.75, 3.05) is 16.3 Å². The third-order valence-electron chi connectivity index (χ3n) is 4.00. The van der Waals surface area contributed by atoms with Gasteiger partial charge in [0.15, 0.2) is 11.5 Å². The van der Waals surface area contributed by atoms with Crippen LogP contribution in [0.4, 0.5) is 17.2 Å². The van der Waals surface area contributed by atoms with Gasteiger partial charge in [-0.25, -0.2) is 18.4 Å². The van der Waals surface area contributed by atoms with Crippen LogP contribution in [0.5, 0.6) is 0 Å². The predicted molar refractivity (Wildman–Crippen MR) is 112 cm³/mol. The van der Waals surface area contributed by atoms with E-state index in [0.717, 1.165) is 23.2 Å². The van der Waals surface area contributed by atoms with E-state index in [1.807, 2.05) is 22.6 Å². The van der Waals surface area contributed by atoms with Gasteiger partial charge in [0.2, 0.25) is 10.0 Å². The van der Waals surface area contributed by atoms with E-state index in [-0.39, 0.29) is 0 Å². The molecular weight excluding hydrogens is 398 g/mol. The van der Waals surface area contributed by atoms with E-state index in [0.29, 0.717) is 22.2 Å². The molecule has 2 aromatic carbocycles. The number of nitrogens with zero attached hydrogens (tertiary/aromatic N) is 3. The van der Waals surface area contributed by atoms with Crippen LogP contribution in [0.25, 0.3) is 16.9 Å². The first-order chi connectivity index (χ1) is 13.4. The number of anilines is 3. The zero-order valence-electron chi connectivity index (χ0n) is 14.8. The number of nitrogens with one attached hydrogen (secondary N) is 2. The lowest BCUT2D eigenvalue weighted by Gasteiger charge is -2.09. The standard InChI is InChI=1S/C19H16ClN5O2S/c1-28(26,27)24-16-4-2-3-13(11-16)17-12-22-19-18(21-9-10-25(17)19)23-15-7-5-14(20)6-8-15/h2-12,24H,1H3,(H,21,23). The molecule has 0 amide bonds. The van der Waals surface area contributed by atoms with Crippen LogP contribution >= 0.6 is 11.6 Å². The summed E-state index contributed by atoms with van der Waals surface area (Å²) >= 11 is 5.93. The van der Waals surface area contributed by atoms with E-state index in [2.05, 4.69) is 20.0 Å². The summed E-state index contributed by atoms with van der Waals surface area (Å²) in [5.74, 6) is 0.599. The molecule has 142 valence electrons. The molecule has 0 aliphatic carbocycles. The van der Waals surface area contributed by atoms with Gasteiger partial charge < -0.3 is 5.32 Å². The lowest BCUT2D eigenvalue weighted by molar-refractivity contribution is 0.607. The topological polar surface area (TPSA) is 88.4 Å². The Morgan fingerprint density at radius 3 is 2.57 bits per heavy atom. The van der Waals surface area contributed by atoms with E-state index in [1.54, 1.807) is 48.9 Å². The van der Waals surface area contributed by atoms with Crippen molar-refractivity contribution in [1.82, 2.24) is 14.4 Å². The molecule has 0 radical (unpaired) electrons. The van der Waals surface area contributed by atoms with Gasteiger partial charge >= 0.3 is 0 Å². The Labute approximate surface area is 167 Å². The van der Waals surface area contributed by atoms with Crippen LogP contribution in [-0.4, -0.2) is 29.0 Å². The molecule has 0 saturated heterocycles. The molecule has 0 atom stereocenters. The highest BCUT2D eigenvalue weighted by Crippen LogP contribution is 2.27. The van der Waals surface area contributed by atoms with Crippen LogP contribution in [0.2, 0.25) is 5.02 Å². The first-order valence-corrected chi connectivity index (χ1v) is 10.6. The molecule has 0 aliphatic rings. The Morgan fingerprint density at radius 1 is 1.04 bits per heavy atom. The molecule has 4 aromatic rings. The average Bonchev–Trinajstić information content (AvgIpc) is 3.08. The summed E-state index contributed by atoms with van der Waals surface area (Å²) in [4.78, 5) is 8.86. The Bertz CT molecular complexity index is 1250. The zero-order chi connectivity index (χ0) is 19.7. The highest BCUT2D eigenvalue weighted by Gasteiger charge is 2.12. The SMILES string of the molecule is CS(=O)(=O)Nc1cccc(-c2cnc3c(Nc4ccc(Cl)cc4)nccn23)c1. The number of rotatable bonds is 5. The maximum Gasteiger partial charge on any atom is 0.229 e. The lowest BCUT2D eigenvalue weighted by Crippen LogP contribution is -2.09. The van der Waals surface area contributed by atoms with Crippen molar-refractivity contribution in [3.8, 4) is 11.3 Å². The largest absolute Gasteiger partial charge is 0.337 e. The van der Waals surface area contributed by atoms with Crippen molar-refractivity contribution in [2.24, 2.45) is 0 Å². The molecule has 0 aliphatic heterocycles. The summed E-state index contributed by atoms with van der Waals surface area (Å²) < 4.78 is 27.4. The van der Waals surface area contributed by atoms with E-state index in [1.165, 1.54) is 0 Å². The fourth-order valence-electron chi connectivity index (χ4n) is 2.85. The third-order valence-corrected chi connectivity index (χ3v) is 4.86. The average molecular weight is 414 g/mol. The minimum atomic E-state index is -3.35. The van der Waals surface area contributed by atoms with E-state index < -0.39 is 10.0 Å². The fourth-order valence-corrected chi connectivity index (χ4v) is 3.53. The predicted octanol–water partition coefficient (Wildman–Crippen LogP) is 4.16. The molecule has 2 heterocycles.